The lowest BCUT2D eigenvalue weighted by atomic mass is 9.93. The Balaban J connectivity index is 0.000000212. The Labute approximate surface area is 354 Å². The van der Waals surface area contributed by atoms with Gasteiger partial charge in [-0.05, 0) is 101 Å². The van der Waals surface area contributed by atoms with E-state index in [2.05, 4.69) is 109 Å². The van der Waals surface area contributed by atoms with E-state index >= 15 is 0 Å². The first-order valence-corrected chi connectivity index (χ1v) is 20.7. The van der Waals surface area contributed by atoms with E-state index in [0.717, 1.165) is 36.1 Å². The number of likely N-dealkylation sites (N-methyl/N-ethyl adjacent to an activating group) is 2. The van der Waals surface area contributed by atoms with E-state index in [1.165, 1.54) is 74.4 Å². The molecule has 0 aliphatic carbocycles. The standard InChI is InChI=1S/C20H18O8.2C14H22N2/c1-11-3-7-13(8-4-11)19(25)27-15(17(21)22)16(18(23)24)28-20(26)14-9-5-12(2)6-10-14;2*1-12-8-9-16(11-14(12)15-2)10-13-6-4-3-5-7-13/h3-10,15-16H,1-2H3,(H,21,22)(H,23,24);2*3-7,12,14-15H,8-11H2,1-2H3/t15-,16-;2*12-,14+/m111/s1. The van der Waals surface area contributed by atoms with Crippen LogP contribution in [0.5, 0.6) is 0 Å². The molecule has 60 heavy (non-hydrogen) atoms. The number of nitrogens with zero attached hydrogens (tertiary/aromatic N) is 2. The zero-order valence-electron chi connectivity index (χ0n) is 35.8. The topological polar surface area (TPSA) is 158 Å². The molecule has 2 aliphatic rings. The summed E-state index contributed by atoms with van der Waals surface area (Å²) in [6, 6.07) is 34.9. The third-order valence-corrected chi connectivity index (χ3v) is 11.1. The molecule has 0 amide bonds. The second-order valence-electron chi connectivity index (χ2n) is 15.8. The van der Waals surface area contributed by atoms with Gasteiger partial charge in [0.05, 0.1) is 11.1 Å². The van der Waals surface area contributed by atoms with Gasteiger partial charge in [-0.25, -0.2) is 19.2 Å². The van der Waals surface area contributed by atoms with Gasteiger partial charge in [0.15, 0.2) is 0 Å². The number of carboxylic acid groups (broad SMARTS) is 2. The zero-order chi connectivity index (χ0) is 43.6. The fraction of sp³-hybridized carbons (Fsp3) is 0.417. The van der Waals surface area contributed by atoms with Gasteiger partial charge < -0.3 is 30.3 Å². The Hall–Kier alpha value is -5.40. The number of benzene rings is 4. The van der Waals surface area contributed by atoms with E-state index < -0.39 is 36.1 Å². The maximum atomic E-state index is 12.2. The third kappa shape index (κ3) is 15.0. The largest absolute Gasteiger partial charge is 0.478 e. The number of carboxylic acids is 2. The van der Waals surface area contributed by atoms with Crippen LogP contribution in [0.2, 0.25) is 0 Å². The average Bonchev–Trinajstić information content (AvgIpc) is 3.25. The van der Waals surface area contributed by atoms with Crippen LogP contribution in [0, 0.1) is 25.7 Å². The molecule has 12 heteroatoms. The Bertz CT molecular complexity index is 1790. The minimum Gasteiger partial charge on any atom is -0.478 e. The Morgan fingerprint density at radius 3 is 1.22 bits per heavy atom. The van der Waals surface area contributed by atoms with Crippen LogP contribution in [0.15, 0.2) is 109 Å². The first-order valence-electron chi connectivity index (χ1n) is 20.7. The lowest BCUT2D eigenvalue weighted by Crippen LogP contribution is -2.48. The van der Waals surface area contributed by atoms with Gasteiger partial charge in [-0.1, -0.05) is 110 Å². The van der Waals surface area contributed by atoms with Gasteiger partial charge in [0.25, 0.3) is 0 Å². The predicted molar refractivity (Wildman–Crippen MR) is 233 cm³/mol. The van der Waals surface area contributed by atoms with Crippen LogP contribution in [0.3, 0.4) is 0 Å². The van der Waals surface area contributed by atoms with Gasteiger partial charge >= 0.3 is 23.9 Å². The van der Waals surface area contributed by atoms with Crippen LogP contribution in [0.25, 0.3) is 0 Å². The number of nitrogens with one attached hydrogen (secondary N) is 2. The number of hydrogen-bond acceptors (Lipinski definition) is 10. The number of hydrogen-bond donors (Lipinski definition) is 4. The number of aliphatic carboxylic acids is 2. The lowest BCUT2D eigenvalue weighted by molar-refractivity contribution is -0.166. The predicted octanol–water partition coefficient (Wildman–Crippen LogP) is 6.46. The molecule has 4 N–H and O–H groups in total. The zero-order valence-corrected chi connectivity index (χ0v) is 35.8. The minimum absolute atomic E-state index is 0.0332. The smallest absolute Gasteiger partial charge is 0.349 e. The van der Waals surface area contributed by atoms with Crippen molar-refractivity contribution >= 4 is 23.9 Å². The molecule has 0 radical (unpaired) electrons. The van der Waals surface area contributed by atoms with Crippen molar-refractivity contribution in [3.05, 3.63) is 143 Å². The number of esters is 2. The van der Waals surface area contributed by atoms with Crippen LogP contribution >= 0.6 is 0 Å². The maximum Gasteiger partial charge on any atom is 0.349 e. The summed E-state index contributed by atoms with van der Waals surface area (Å²) in [5, 5.41) is 25.5. The first-order chi connectivity index (χ1) is 28.8. The highest BCUT2D eigenvalue weighted by molar-refractivity contribution is 5.95. The molecule has 2 heterocycles. The second kappa shape index (κ2) is 24.0. The van der Waals surface area contributed by atoms with Crippen LogP contribution < -0.4 is 10.6 Å². The first kappa shape index (κ1) is 47.3. The Morgan fingerprint density at radius 2 is 0.917 bits per heavy atom. The fourth-order valence-corrected chi connectivity index (χ4v) is 7.23. The maximum absolute atomic E-state index is 12.2. The van der Waals surface area contributed by atoms with Crippen LogP contribution in [0.4, 0.5) is 0 Å². The highest BCUT2D eigenvalue weighted by Gasteiger charge is 2.41. The average molecular weight is 823 g/mol. The number of carbonyl (C=O) groups excluding carboxylic acids is 2. The van der Waals surface area contributed by atoms with Crippen molar-refractivity contribution in [1.29, 1.82) is 0 Å². The van der Waals surface area contributed by atoms with E-state index in [1.54, 1.807) is 38.1 Å². The second-order valence-corrected chi connectivity index (χ2v) is 15.8. The molecule has 6 rings (SSSR count). The number of ether oxygens (including phenoxy) is 2. The van der Waals surface area contributed by atoms with Gasteiger partial charge in [0, 0.05) is 38.3 Å². The van der Waals surface area contributed by atoms with Gasteiger partial charge in [-0.2, -0.15) is 0 Å². The van der Waals surface area contributed by atoms with E-state index in [4.69, 9.17) is 9.47 Å². The number of carbonyl (C=O) groups is 4. The summed E-state index contributed by atoms with van der Waals surface area (Å²) in [4.78, 5) is 52.4. The van der Waals surface area contributed by atoms with Crippen molar-refractivity contribution in [2.24, 2.45) is 11.8 Å². The molecule has 0 bridgehead atoms. The van der Waals surface area contributed by atoms with Crippen LogP contribution in [-0.4, -0.2) is 108 Å². The van der Waals surface area contributed by atoms with Crippen LogP contribution in [0.1, 0.15) is 69.7 Å². The Morgan fingerprint density at radius 1 is 0.583 bits per heavy atom. The molecule has 0 saturated carbocycles. The quantitative estimate of drug-likeness (QED) is 0.109. The molecule has 2 fully saturated rings. The van der Waals surface area contributed by atoms with Crippen molar-refractivity contribution in [3.63, 3.8) is 0 Å². The lowest BCUT2D eigenvalue weighted by Gasteiger charge is -2.37. The van der Waals surface area contributed by atoms with Crippen molar-refractivity contribution in [1.82, 2.24) is 20.4 Å². The summed E-state index contributed by atoms with van der Waals surface area (Å²) in [6.07, 6.45) is -1.84. The molecule has 322 valence electrons. The number of piperidine rings is 2. The minimum atomic E-state index is -2.22. The summed E-state index contributed by atoms with van der Waals surface area (Å²) in [6.45, 7) is 15.3. The van der Waals surface area contributed by atoms with Crippen LogP contribution in [-0.2, 0) is 32.2 Å². The molecule has 4 aromatic rings. The monoisotopic (exact) mass is 822 g/mol. The number of rotatable bonds is 13. The van der Waals surface area contributed by atoms with Gasteiger partial charge in [0.1, 0.15) is 0 Å². The van der Waals surface area contributed by atoms with Crippen molar-refractivity contribution in [2.45, 2.75) is 77.9 Å². The molecule has 0 unspecified atom stereocenters. The summed E-state index contributed by atoms with van der Waals surface area (Å²) in [7, 11) is 4.15. The SMILES string of the molecule is CN[C@H]1CN(Cc2ccccc2)CC[C@H]1C.CN[C@H]1CN(Cc2ccccc2)CC[C@H]1C.Cc1ccc(C(=O)O[C@@H](C(=O)O)[C@@H](OC(=O)c2ccc(C)cc2)C(=O)O)cc1. The van der Waals surface area contributed by atoms with Gasteiger partial charge in [-0.3, -0.25) is 9.80 Å². The highest BCUT2D eigenvalue weighted by atomic mass is 16.6. The molecule has 2 aliphatic heterocycles. The van der Waals surface area contributed by atoms with E-state index in [0.29, 0.717) is 12.1 Å². The number of likely N-dealkylation sites (tertiary alicyclic amines) is 2. The van der Waals surface area contributed by atoms with Crippen molar-refractivity contribution in [2.75, 3.05) is 40.3 Å². The number of aryl methyl sites for hydroxylation is 2. The molecular weight excluding hydrogens is 761 g/mol. The molecule has 0 spiro atoms. The highest BCUT2D eigenvalue weighted by Crippen LogP contribution is 2.20. The summed E-state index contributed by atoms with van der Waals surface area (Å²) >= 11 is 0. The molecule has 4 aromatic carbocycles. The Kier molecular flexibility index (Phi) is 18.9. The summed E-state index contributed by atoms with van der Waals surface area (Å²) in [5.41, 5.74) is 4.64. The normalized spacial score (nSPS) is 20.2. The molecule has 6 atom stereocenters. The van der Waals surface area contributed by atoms with Gasteiger partial charge in [-0.15, -0.1) is 0 Å². The molecule has 12 nitrogen and oxygen atoms in total. The molecule has 0 aromatic heterocycles. The van der Waals surface area contributed by atoms with E-state index in [-0.39, 0.29) is 11.1 Å². The van der Waals surface area contributed by atoms with Crippen molar-refractivity contribution < 1.29 is 38.9 Å². The molecular formula is C48H62N4O8. The summed E-state index contributed by atoms with van der Waals surface area (Å²) < 4.78 is 9.64. The third-order valence-electron chi connectivity index (χ3n) is 11.1. The molecule has 2 saturated heterocycles. The summed E-state index contributed by atoms with van der Waals surface area (Å²) in [5.74, 6) is -4.02. The van der Waals surface area contributed by atoms with E-state index in [9.17, 15) is 29.4 Å². The van der Waals surface area contributed by atoms with Crippen molar-refractivity contribution in [3.8, 4) is 0 Å². The fourth-order valence-electron chi connectivity index (χ4n) is 7.23. The van der Waals surface area contributed by atoms with Gasteiger partial charge in [0.2, 0.25) is 12.2 Å². The van der Waals surface area contributed by atoms with E-state index in [1.807, 2.05) is 0 Å².